The monoisotopic (exact) mass is 384 g/mol. The zero-order valence-electron chi connectivity index (χ0n) is 17.2. The molecule has 0 spiro atoms. The number of rotatable bonds is 2. The Bertz CT molecular complexity index is 1040. The van der Waals surface area contributed by atoms with Gasteiger partial charge in [0, 0.05) is 22.3 Å². The lowest BCUT2D eigenvalue weighted by Gasteiger charge is -2.63. The third-order valence-corrected chi connectivity index (χ3v) is 7.82. The van der Waals surface area contributed by atoms with Crippen molar-refractivity contribution in [2.24, 2.45) is 11.8 Å². The van der Waals surface area contributed by atoms with E-state index in [0.717, 1.165) is 40.5 Å². The van der Waals surface area contributed by atoms with Crippen molar-refractivity contribution in [2.45, 2.75) is 49.4 Å². The SMILES string of the molecule is C#Cc1cc(C#C)cc(C23CC4CC(C2)CC(c2cc(C#C)cc(C#C)c2)(C4)C3)c1. The van der Waals surface area contributed by atoms with E-state index in [1.54, 1.807) is 0 Å². The Kier molecular flexibility index (Phi) is 4.11. The summed E-state index contributed by atoms with van der Waals surface area (Å²) in [5.74, 6) is 12.7. The first-order valence-corrected chi connectivity index (χ1v) is 10.7. The first kappa shape index (κ1) is 18.7. The van der Waals surface area contributed by atoms with E-state index in [0.29, 0.717) is 0 Å². The van der Waals surface area contributed by atoms with Crippen LogP contribution in [0.1, 0.15) is 71.9 Å². The Morgan fingerprint density at radius 2 is 0.900 bits per heavy atom. The molecular weight excluding hydrogens is 360 g/mol. The molecule has 30 heavy (non-hydrogen) atoms. The van der Waals surface area contributed by atoms with Crippen LogP contribution in [0.4, 0.5) is 0 Å². The fourth-order valence-electron chi connectivity index (χ4n) is 7.14. The van der Waals surface area contributed by atoms with Crippen LogP contribution in [-0.4, -0.2) is 0 Å². The Morgan fingerprint density at radius 1 is 0.567 bits per heavy atom. The Balaban J connectivity index is 1.66. The molecule has 0 saturated heterocycles. The molecule has 6 rings (SSSR count). The summed E-state index contributed by atoms with van der Waals surface area (Å²) in [7, 11) is 0. The van der Waals surface area contributed by atoms with E-state index in [-0.39, 0.29) is 10.8 Å². The zero-order valence-corrected chi connectivity index (χ0v) is 17.2. The van der Waals surface area contributed by atoms with Crippen LogP contribution in [0.25, 0.3) is 0 Å². The van der Waals surface area contributed by atoms with E-state index in [1.807, 2.05) is 12.1 Å². The van der Waals surface area contributed by atoms with Crippen molar-refractivity contribution >= 4 is 0 Å². The van der Waals surface area contributed by atoms with Crippen LogP contribution in [0.2, 0.25) is 0 Å². The molecular formula is C30H24. The molecule has 0 nitrogen and oxygen atoms in total. The van der Waals surface area contributed by atoms with E-state index in [9.17, 15) is 0 Å². The average Bonchev–Trinajstić information content (AvgIpc) is 2.77. The van der Waals surface area contributed by atoms with Gasteiger partial charge in [0.25, 0.3) is 0 Å². The van der Waals surface area contributed by atoms with E-state index in [2.05, 4.69) is 47.9 Å². The molecule has 0 aliphatic heterocycles. The molecule has 0 heteroatoms. The van der Waals surface area contributed by atoms with Crippen LogP contribution in [0.3, 0.4) is 0 Å². The molecule has 0 aromatic heterocycles. The fourth-order valence-corrected chi connectivity index (χ4v) is 7.14. The van der Waals surface area contributed by atoms with Gasteiger partial charge in [0.1, 0.15) is 0 Å². The van der Waals surface area contributed by atoms with Gasteiger partial charge in [-0.3, -0.25) is 0 Å². The summed E-state index contributed by atoms with van der Waals surface area (Å²) >= 11 is 0. The molecule has 0 unspecified atom stereocenters. The lowest BCUT2D eigenvalue weighted by atomic mass is 9.41. The molecule has 4 saturated carbocycles. The first-order valence-electron chi connectivity index (χ1n) is 10.7. The van der Waals surface area contributed by atoms with E-state index >= 15 is 0 Å². The second kappa shape index (κ2) is 6.60. The second-order valence-corrected chi connectivity index (χ2v) is 9.70. The molecule has 144 valence electrons. The van der Waals surface area contributed by atoms with Gasteiger partial charge in [0.15, 0.2) is 0 Å². The summed E-state index contributed by atoms with van der Waals surface area (Å²) in [5, 5.41) is 0. The van der Waals surface area contributed by atoms with Gasteiger partial charge < -0.3 is 0 Å². The molecule has 0 amide bonds. The Morgan fingerprint density at radius 3 is 1.20 bits per heavy atom. The third-order valence-electron chi connectivity index (χ3n) is 7.82. The molecule has 4 aliphatic carbocycles. The molecule has 2 aromatic rings. The van der Waals surface area contributed by atoms with Crippen LogP contribution in [0.5, 0.6) is 0 Å². The maximum absolute atomic E-state index is 5.76. The first-order chi connectivity index (χ1) is 14.5. The fraction of sp³-hybridized carbons (Fsp3) is 0.333. The highest BCUT2D eigenvalue weighted by Crippen LogP contribution is 2.66. The summed E-state index contributed by atoms with van der Waals surface area (Å²) in [6, 6.07) is 12.7. The normalized spacial score (nSPS) is 30.7. The molecule has 4 bridgehead atoms. The molecule has 0 radical (unpaired) electrons. The molecule has 0 N–H and O–H groups in total. The van der Waals surface area contributed by atoms with Gasteiger partial charge >= 0.3 is 0 Å². The van der Waals surface area contributed by atoms with Gasteiger partial charge in [-0.15, -0.1) is 25.7 Å². The number of hydrogen-bond donors (Lipinski definition) is 0. The standard InChI is InChI=1S/C30H24/c1-5-21-9-22(6-2)13-27(12-21)29-16-25-11-26(17-29)19-30(18-25,20-29)28-14-23(7-3)10-24(8-4)15-28/h1-4,9-10,12-15,25-26H,11,16-20H2. The second-order valence-electron chi connectivity index (χ2n) is 9.70. The van der Waals surface area contributed by atoms with E-state index in [4.69, 9.17) is 25.7 Å². The Labute approximate surface area is 180 Å². The maximum atomic E-state index is 5.76. The largest absolute Gasteiger partial charge is 0.115 e. The van der Waals surface area contributed by atoms with Crippen molar-refractivity contribution in [3.63, 3.8) is 0 Å². The zero-order chi connectivity index (χ0) is 20.9. The molecule has 2 aromatic carbocycles. The topological polar surface area (TPSA) is 0 Å². The highest BCUT2D eigenvalue weighted by molar-refractivity contribution is 5.51. The highest BCUT2D eigenvalue weighted by atomic mass is 14.6. The van der Waals surface area contributed by atoms with Crippen LogP contribution in [-0.2, 0) is 10.8 Å². The molecule has 4 aliphatic rings. The molecule has 0 heterocycles. The summed E-state index contributed by atoms with van der Waals surface area (Å²) in [6.45, 7) is 0. The van der Waals surface area contributed by atoms with Gasteiger partial charge in [-0.05, 0) is 109 Å². The van der Waals surface area contributed by atoms with Crippen LogP contribution >= 0.6 is 0 Å². The number of terminal acetylenes is 4. The van der Waals surface area contributed by atoms with Crippen molar-refractivity contribution in [2.75, 3.05) is 0 Å². The smallest absolute Gasteiger partial charge is 0.0257 e. The van der Waals surface area contributed by atoms with Gasteiger partial charge in [0.05, 0.1) is 0 Å². The third kappa shape index (κ3) is 2.77. The predicted molar refractivity (Wildman–Crippen MR) is 123 cm³/mol. The maximum Gasteiger partial charge on any atom is 0.0257 e. The van der Waals surface area contributed by atoms with Crippen molar-refractivity contribution in [1.82, 2.24) is 0 Å². The summed E-state index contributed by atoms with van der Waals surface area (Å²) in [5.41, 5.74) is 6.45. The minimum Gasteiger partial charge on any atom is -0.115 e. The van der Waals surface area contributed by atoms with Crippen molar-refractivity contribution in [1.29, 1.82) is 0 Å². The number of benzene rings is 2. The van der Waals surface area contributed by atoms with Crippen molar-refractivity contribution < 1.29 is 0 Å². The summed E-state index contributed by atoms with van der Waals surface area (Å²) in [6.07, 6.45) is 30.4. The van der Waals surface area contributed by atoms with Gasteiger partial charge in [-0.2, -0.15) is 0 Å². The van der Waals surface area contributed by atoms with E-state index in [1.165, 1.54) is 43.2 Å². The van der Waals surface area contributed by atoms with Gasteiger partial charge in [0.2, 0.25) is 0 Å². The lowest BCUT2D eigenvalue weighted by Crippen LogP contribution is -2.56. The van der Waals surface area contributed by atoms with Gasteiger partial charge in [-0.1, -0.05) is 23.7 Å². The van der Waals surface area contributed by atoms with Crippen LogP contribution < -0.4 is 0 Å². The predicted octanol–water partition coefficient (Wildman–Crippen LogP) is 5.40. The highest BCUT2D eigenvalue weighted by Gasteiger charge is 2.58. The van der Waals surface area contributed by atoms with Crippen molar-refractivity contribution in [3.8, 4) is 49.4 Å². The minimum absolute atomic E-state index is 0.130. The van der Waals surface area contributed by atoms with Crippen LogP contribution in [0, 0.1) is 61.2 Å². The quantitative estimate of drug-likeness (QED) is 0.608. The number of hydrogen-bond acceptors (Lipinski definition) is 0. The Hall–Kier alpha value is -3.32. The lowest BCUT2D eigenvalue weighted by molar-refractivity contribution is -0.0281. The summed E-state index contributed by atoms with van der Waals surface area (Å²) < 4.78 is 0. The summed E-state index contributed by atoms with van der Waals surface area (Å²) in [4.78, 5) is 0. The van der Waals surface area contributed by atoms with Gasteiger partial charge in [-0.25, -0.2) is 0 Å². The van der Waals surface area contributed by atoms with Crippen LogP contribution in [0.15, 0.2) is 36.4 Å². The van der Waals surface area contributed by atoms with Crippen molar-refractivity contribution in [3.05, 3.63) is 69.8 Å². The molecule has 0 atom stereocenters. The molecule has 4 fully saturated rings. The minimum atomic E-state index is 0.130. The average molecular weight is 385 g/mol. The van der Waals surface area contributed by atoms with E-state index < -0.39 is 0 Å².